The van der Waals surface area contributed by atoms with E-state index in [1.807, 2.05) is 0 Å². The fourth-order valence-electron chi connectivity index (χ4n) is 0.340. The lowest BCUT2D eigenvalue weighted by molar-refractivity contribution is -0.268. The van der Waals surface area contributed by atoms with Gasteiger partial charge < -0.3 is 5.11 Å². The first-order valence-corrected chi connectivity index (χ1v) is 3.29. The molecule has 1 N–H and O–H groups in total. The van der Waals surface area contributed by atoms with Crippen LogP contribution < -0.4 is 0 Å². The molecule has 0 aromatic carbocycles. The lowest BCUT2D eigenvalue weighted by Gasteiger charge is -2.29. The predicted octanol–water partition coefficient (Wildman–Crippen LogP) is 2.24. The molecule has 0 aromatic heterocycles. The zero-order valence-electron chi connectivity index (χ0n) is 5.30. The van der Waals surface area contributed by atoms with Crippen LogP contribution in [0.5, 0.6) is 0 Å². The number of aliphatic hydroxyl groups is 1. The molecule has 0 amide bonds. The van der Waals surface area contributed by atoms with E-state index in [2.05, 4.69) is 0 Å². The van der Waals surface area contributed by atoms with E-state index in [1.165, 1.54) is 15.9 Å². The van der Waals surface area contributed by atoms with Gasteiger partial charge in [-0.15, -0.1) is 0 Å². The van der Waals surface area contributed by atoms with Crippen LogP contribution in [0.4, 0.5) is 26.3 Å². The van der Waals surface area contributed by atoms with Crippen molar-refractivity contribution in [1.82, 2.24) is 0 Å². The van der Waals surface area contributed by atoms with Crippen LogP contribution in [0.15, 0.2) is 0 Å². The highest BCUT2D eigenvalue weighted by Crippen LogP contribution is 2.48. The Labute approximate surface area is 71.5 Å². The second-order valence-corrected chi connectivity index (χ2v) is 3.31. The Morgan fingerprint density at radius 2 is 1.17 bits per heavy atom. The van der Waals surface area contributed by atoms with E-state index in [-0.39, 0.29) is 0 Å². The normalized spacial score (nSPS) is 15.0. The van der Waals surface area contributed by atoms with Gasteiger partial charge in [-0.05, 0) is 0 Å². The Bertz CT molecular complexity index is 146. The number of rotatable bonds is 1. The molecule has 0 heterocycles. The SMILES string of the molecule is OCC(Br)(C(F)(F)F)C(F)(F)F. The predicted molar refractivity (Wildman–Crippen MR) is 30.9 cm³/mol. The molecule has 0 aliphatic rings. The molecule has 0 aromatic rings. The standard InChI is InChI=1S/C4H3BrF6O/c5-2(1-12,3(6,7)8)4(9,10)11/h12H,1H2. The summed E-state index contributed by atoms with van der Waals surface area (Å²) in [4.78, 5) is 0. The van der Waals surface area contributed by atoms with Crippen molar-refractivity contribution < 1.29 is 31.4 Å². The molecule has 0 saturated carbocycles. The number of hydrogen-bond acceptors (Lipinski definition) is 1. The van der Waals surface area contributed by atoms with Gasteiger partial charge in [0.1, 0.15) is 0 Å². The van der Waals surface area contributed by atoms with Crippen LogP contribution in [0, 0.1) is 0 Å². The Morgan fingerprint density at radius 3 is 1.17 bits per heavy atom. The van der Waals surface area contributed by atoms with Gasteiger partial charge in [-0.3, -0.25) is 0 Å². The highest BCUT2D eigenvalue weighted by Gasteiger charge is 2.69. The molecule has 0 unspecified atom stereocenters. The van der Waals surface area contributed by atoms with Crippen molar-refractivity contribution in [3.05, 3.63) is 0 Å². The maximum Gasteiger partial charge on any atom is 0.415 e. The maximum atomic E-state index is 11.7. The highest BCUT2D eigenvalue weighted by molar-refractivity contribution is 9.10. The van der Waals surface area contributed by atoms with E-state index >= 15 is 0 Å². The third-order valence-electron chi connectivity index (χ3n) is 1.12. The first-order valence-electron chi connectivity index (χ1n) is 2.49. The molecule has 1 nitrogen and oxygen atoms in total. The fraction of sp³-hybridized carbons (Fsp3) is 1.00. The zero-order valence-corrected chi connectivity index (χ0v) is 6.89. The first-order chi connectivity index (χ1) is 5.06. The molecule has 0 radical (unpaired) electrons. The molecule has 0 spiro atoms. The van der Waals surface area contributed by atoms with E-state index < -0.39 is 23.3 Å². The van der Waals surface area contributed by atoms with Gasteiger partial charge in [0.2, 0.25) is 4.32 Å². The van der Waals surface area contributed by atoms with Gasteiger partial charge in [-0.1, -0.05) is 15.9 Å². The molecule has 0 aliphatic heterocycles. The van der Waals surface area contributed by atoms with Crippen LogP contribution in [0.1, 0.15) is 0 Å². The van der Waals surface area contributed by atoms with Gasteiger partial charge in [0.05, 0.1) is 6.61 Å². The summed E-state index contributed by atoms with van der Waals surface area (Å²) in [7, 11) is 0. The van der Waals surface area contributed by atoms with Crippen molar-refractivity contribution in [2.45, 2.75) is 16.7 Å². The topological polar surface area (TPSA) is 20.2 Å². The van der Waals surface area contributed by atoms with E-state index in [0.717, 1.165) is 0 Å². The van der Waals surface area contributed by atoms with Crippen LogP contribution in [-0.2, 0) is 0 Å². The Kier molecular flexibility index (Phi) is 3.06. The van der Waals surface area contributed by atoms with Crippen LogP contribution in [0.25, 0.3) is 0 Å². The summed E-state index contributed by atoms with van der Waals surface area (Å²) in [5, 5.41) is 7.97. The summed E-state index contributed by atoms with van der Waals surface area (Å²) in [6.45, 7) is -2.08. The minimum atomic E-state index is -5.57. The van der Waals surface area contributed by atoms with Crippen LogP contribution in [-0.4, -0.2) is 28.4 Å². The second-order valence-electron chi connectivity index (χ2n) is 1.95. The first kappa shape index (κ1) is 12.0. The van der Waals surface area contributed by atoms with E-state index in [9.17, 15) is 26.3 Å². The van der Waals surface area contributed by atoms with Gasteiger partial charge in [-0.2, -0.15) is 26.3 Å². The minimum absolute atomic E-state index is 1.43. The van der Waals surface area contributed by atoms with Crippen molar-refractivity contribution in [3.8, 4) is 0 Å². The number of aliphatic hydroxyl groups excluding tert-OH is 1. The summed E-state index contributed by atoms with van der Waals surface area (Å²) in [6.07, 6.45) is -11.1. The van der Waals surface area contributed by atoms with Crippen LogP contribution in [0.2, 0.25) is 0 Å². The molecule has 0 saturated heterocycles. The molecular formula is C4H3BrF6O. The molecule has 74 valence electrons. The molecule has 0 fully saturated rings. The maximum absolute atomic E-state index is 11.7. The van der Waals surface area contributed by atoms with Gasteiger partial charge in [-0.25, -0.2) is 0 Å². The van der Waals surface area contributed by atoms with Gasteiger partial charge in [0.25, 0.3) is 0 Å². The van der Waals surface area contributed by atoms with E-state index in [1.54, 1.807) is 0 Å². The molecule has 8 heteroatoms. The van der Waals surface area contributed by atoms with Crippen LogP contribution >= 0.6 is 15.9 Å². The minimum Gasteiger partial charge on any atom is -0.394 e. The van der Waals surface area contributed by atoms with Gasteiger partial charge in [0, 0.05) is 0 Å². The molecule has 0 bridgehead atoms. The fourth-order valence-corrected chi connectivity index (χ4v) is 0.340. The third kappa shape index (κ3) is 1.85. The smallest absolute Gasteiger partial charge is 0.394 e. The highest BCUT2D eigenvalue weighted by atomic mass is 79.9. The summed E-state index contributed by atoms with van der Waals surface area (Å²) < 4.78 is 65.8. The van der Waals surface area contributed by atoms with Crippen molar-refractivity contribution in [1.29, 1.82) is 0 Å². The average Bonchev–Trinajstić information content (AvgIpc) is 1.81. The third-order valence-corrected chi connectivity index (χ3v) is 2.27. The zero-order chi connectivity index (χ0) is 10.2. The lowest BCUT2D eigenvalue weighted by atomic mass is 10.1. The van der Waals surface area contributed by atoms with Crippen molar-refractivity contribution in [2.24, 2.45) is 0 Å². The molecular weight excluding hydrogens is 258 g/mol. The Balaban J connectivity index is 4.95. The summed E-state index contributed by atoms with van der Waals surface area (Å²) in [5.74, 6) is 0. The van der Waals surface area contributed by atoms with Crippen molar-refractivity contribution >= 4 is 15.9 Å². The van der Waals surface area contributed by atoms with E-state index in [0.29, 0.717) is 0 Å². The molecule has 0 rings (SSSR count). The number of hydrogen-bond donors (Lipinski definition) is 1. The molecule has 0 atom stereocenters. The van der Waals surface area contributed by atoms with Crippen molar-refractivity contribution in [2.75, 3.05) is 6.61 Å². The monoisotopic (exact) mass is 260 g/mol. The summed E-state index contributed by atoms with van der Waals surface area (Å²) in [6, 6.07) is 0. The van der Waals surface area contributed by atoms with Gasteiger partial charge in [0.15, 0.2) is 0 Å². The quantitative estimate of drug-likeness (QED) is 0.566. The molecule has 0 aliphatic carbocycles. The summed E-state index contributed by atoms with van der Waals surface area (Å²) in [5.41, 5.74) is 0. The molecule has 12 heavy (non-hydrogen) atoms. The van der Waals surface area contributed by atoms with Crippen molar-refractivity contribution in [3.63, 3.8) is 0 Å². The van der Waals surface area contributed by atoms with Gasteiger partial charge >= 0.3 is 12.4 Å². The number of alkyl halides is 7. The van der Waals surface area contributed by atoms with Crippen LogP contribution in [0.3, 0.4) is 0 Å². The largest absolute Gasteiger partial charge is 0.415 e. The Morgan fingerprint density at radius 1 is 0.917 bits per heavy atom. The lowest BCUT2D eigenvalue weighted by Crippen LogP contribution is -2.54. The van der Waals surface area contributed by atoms with E-state index in [4.69, 9.17) is 5.11 Å². The number of halogens is 7. The second kappa shape index (κ2) is 3.06. The summed E-state index contributed by atoms with van der Waals surface area (Å²) >= 11 is 1.43. The Hall–Kier alpha value is 0.0200. The average molecular weight is 261 g/mol.